The van der Waals surface area contributed by atoms with Crippen LogP contribution in [0.5, 0.6) is 0 Å². The number of benzene rings is 1. The second-order valence-corrected chi connectivity index (χ2v) is 7.21. The maximum atomic E-state index is 12.0. The average molecular weight is 338 g/mol. The van der Waals surface area contributed by atoms with Crippen LogP contribution in [0, 0.1) is 5.92 Å². The van der Waals surface area contributed by atoms with Crippen LogP contribution in [0.4, 0.5) is 4.79 Å². The van der Waals surface area contributed by atoms with Gasteiger partial charge in [0.1, 0.15) is 0 Å². The van der Waals surface area contributed by atoms with Gasteiger partial charge in [0.25, 0.3) is 0 Å². The van der Waals surface area contributed by atoms with Crippen LogP contribution < -0.4 is 5.32 Å². The van der Waals surface area contributed by atoms with Gasteiger partial charge in [-0.15, -0.1) is 0 Å². The smallest absolute Gasteiger partial charge is 0.317 e. The Bertz CT molecular complexity index is 564. The molecule has 2 atom stereocenters. The van der Waals surface area contributed by atoms with Gasteiger partial charge >= 0.3 is 12.0 Å². The summed E-state index contributed by atoms with van der Waals surface area (Å²) in [5, 5.41) is 11.8. The second-order valence-electron chi connectivity index (χ2n) is 5.63. The van der Waals surface area contributed by atoms with E-state index in [1.807, 2.05) is 30.3 Å². The Balaban J connectivity index is 1.70. The zero-order valence-corrected chi connectivity index (χ0v) is 13.8. The second kappa shape index (κ2) is 8.67. The topological polar surface area (TPSA) is 86.7 Å². The maximum Gasteiger partial charge on any atom is 0.317 e. The summed E-state index contributed by atoms with van der Waals surface area (Å²) in [6.45, 7) is 1.14. The summed E-state index contributed by atoms with van der Waals surface area (Å²) in [6.07, 6.45) is 1.31. The molecule has 2 unspecified atom stereocenters. The number of hydrogen-bond donors (Lipinski definition) is 2. The molecule has 1 saturated heterocycles. The number of hydrogen-bond acceptors (Lipinski definition) is 3. The van der Waals surface area contributed by atoms with E-state index in [9.17, 15) is 13.8 Å². The van der Waals surface area contributed by atoms with Crippen molar-refractivity contribution in [2.75, 3.05) is 25.4 Å². The van der Waals surface area contributed by atoms with E-state index in [4.69, 9.17) is 5.11 Å². The van der Waals surface area contributed by atoms with Crippen LogP contribution >= 0.6 is 0 Å². The molecule has 2 rings (SSSR count). The Hall–Kier alpha value is -1.89. The fourth-order valence-electron chi connectivity index (χ4n) is 2.58. The van der Waals surface area contributed by atoms with Crippen molar-refractivity contribution in [2.45, 2.75) is 18.6 Å². The number of aliphatic carboxylic acids is 1. The van der Waals surface area contributed by atoms with Crippen LogP contribution in [0.2, 0.25) is 0 Å². The van der Waals surface area contributed by atoms with Gasteiger partial charge < -0.3 is 15.3 Å². The first-order valence-electron chi connectivity index (χ1n) is 7.70. The standard InChI is InChI=1S/C16H22N2O4S/c19-15(20)14-7-4-9-18(11-14)16(21)17-8-10-23(22)12-13-5-2-1-3-6-13/h1-3,5-6,14H,4,7-12H2,(H,17,21)(H,19,20). The summed E-state index contributed by atoms with van der Waals surface area (Å²) >= 11 is 0. The molecule has 1 aromatic rings. The fraction of sp³-hybridized carbons (Fsp3) is 0.500. The monoisotopic (exact) mass is 338 g/mol. The molecule has 2 N–H and O–H groups in total. The van der Waals surface area contributed by atoms with Crippen molar-refractivity contribution in [3.05, 3.63) is 35.9 Å². The van der Waals surface area contributed by atoms with Gasteiger partial charge in [0, 0.05) is 41.9 Å². The molecule has 1 heterocycles. The Morgan fingerprint density at radius 1 is 1.30 bits per heavy atom. The highest BCUT2D eigenvalue weighted by atomic mass is 32.2. The lowest BCUT2D eigenvalue weighted by molar-refractivity contribution is -0.143. The quantitative estimate of drug-likeness (QED) is 0.822. The number of carboxylic acid groups (broad SMARTS) is 1. The van der Waals surface area contributed by atoms with E-state index in [0.717, 1.165) is 5.56 Å². The molecule has 0 bridgehead atoms. The van der Waals surface area contributed by atoms with Gasteiger partial charge in [0.2, 0.25) is 0 Å². The number of carboxylic acids is 1. The molecular weight excluding hydrogens is 316 g/mol. The summed E-state index contributed by atoms with van der Waals surface area (Å²) in [5.41, 5.74) is 1.01. The highest BCUT2D eigenvalue weighted by Gasteiger charge is 2.27. The molecule has 1 aliphatic heterocycles. The molecule has 0 radical (unpaired) electrons. The van der Waals surface area contributed by atoms with Gasteiger partial charge in [0.15, 0.2) is 0 Å². The molecule has 126 valence electrons. The summed E-state index contributed by atoms with van der Waals surface area (Å²) in [5.74, 6) is -0.480. The molecule has 23 heavy (non-hydrogen) atoms. The predicted molar refractivity (Wildman–Crippen MR) is 88.5 cm³/mol. The van der Waals surface area contributed by atoms with Crippen LogP contribution in [0.3, 0.4) is 0 Å². The van der Waals surface area contributed by atoms with E-state index < -0.39 is 22.7 Å². The molecule has 0 spiro atoms. The Labute approximate surface area is 138 Å². The SMILES string of the molecule is O=C(O)C1CCCN(C(=O)NCCS(=O)Cc2ccccc2)C1. The third kappa shape index (κ3) is 5.67. The normalized spacial score (nSPS) is 19.1. The Morgan fingerprint density at radius 2 is 2.04 bits per heavy atom. The lowest BCUT2D eigenvalue weighted by Crippen LogP contribution is -2.47. The molecule has 0 aliphatic carbocycles. The van der Waals surface area contributed by atoms with E-state index in [1.54, 1.807) is 0 Å². The molecule has 6 nitrogen and oxygen atoms in total. The Morgan fingerprint density at radius 3 is 2.74 bits per heavy atom. The predicted octanol–water partition coefficient (Wildman–Crippen LogP) is 1.44. The van der Waals surface area contributed by atoms with Crippen molar-refractivity contribution >= 4 is 22.8 Å². The number of amides is 2. The highest BCUT2D eigenvalue weighted by molar-refractivity contribution is 7.84. The average Bonchev–Trinajstić information content (AvgIpc) is 2.55. The zero-order chi connectivity index (χ0) is 16.7. The van der Waals surface area contributed by atoms with Crippen molar-refractivity contribution in [1.82, 2.24) is 10.2 Å². The van der Waals surface area contributed by atoms with E-state index in [-0.39, 0.29) is 12.6 Å². The number of rotatable bonds is 6. The number of nitrogens with zero attached hydrogens (tertiary/aromatic N) is 1. The first-order chi connectivity index (χ1) is 11.1. The molecule has 1 aliphatic rings. The van der Waals surface area contributed by atoms with Gasteiger partial charge in [-0.2, -0.15) is 0 Å². The maximum absolute atomic E-state index is 12.0. The summed E-state index contributed by atoms with van der Waals surface area (Å²) in [7, 11) is -1.03. The Kier molecular flexibility index (Phi) is 6.58. The van der Waals surface area contributed by atoms with Gasteiger partial charge in [0.05, 0.1) is 5.92 Å². The molecule has 0 saturated carbocycles. The van der Waals surface area contributed by atoms with E-state index in [2.05, 4.69) is 5.32 Å². The molecule has 1 aromatic carbocycles. The van der Waals surface area contributed by atoms with Crippen LogP contribution in [-0.4, -0.2) is 51.6 Å². The lowest BCUT2D eigenvalue weighted by atomic mass is 9.99. The molecule has 1 fully saturated rings. The van der Waals surface area contributed by atoms with E-state index in [1.165, 1.54) is 4.90 Å². The minimum absolute atomic E-state index is 0.244. The van der Waals surface area contributed by atoms with Gasteiger partial charge in [-0.05, 0) is 18.4 Å². The molecule has 7 heteroatoms. The number of carbonyl (C=O) groups excluding carboxylic acids is 1. The minimum atomic E-state index is -1.03. The fourth-order valence-corrected chi connectivity index (χ4v) is 3.62. The summed E-state index contributed by atoms with van der Waals surface area (Å²) in [6, 6.07) is 9.31. The van der Waals surface area contributed by atoms with Crippen LogP contribution in [0.15, 0.2) is 30.3 Å². The number of carbonyl (C=O) groups is 2. The number of piperidine rings is 1. The number of likely N-dealkylation sites (tertiary alicyclic amines) is 1. The third-order valence-corrected chi connectivity index (χ3v) is 5.15. The van der Waals surface area contributed by atoms with Crippen LogP contribution in [0.25, 0.3) is 0 Å². The van der Waals surface area contributed by atoms with E-state index >= 15 is 0 Å². The number of nitrogens with one attached hydrogen (secondary N) is 1. The van der Waals surface area contributed by atoms with E-state index in [0.29, 0.717) is 37.4 Å². The van der Waals surface area contributed by atoms with Crippen molar-refractivity contribution in [3.8, 4) is 0 Å². The van der Waals surface area contributed by atoms with Crippen molar-refractivity contribution in [3.63, 3.8) is 0 Å². The first-order valence-corrected chi connectivity index (χ1v) is 9.19. The minimum Gasteiger partial charge on any atom is -0.481 e. The van der Waals surface area contributed by atoms with Gasteiger partial charge in [-0.1, -0.05) is 30.3 Å². The van der Waals surface area contributed by atoms with Crippen LogP contribution in [0.1, 0.15) is 18.4 Å². The number of urea groups is 1. The summed E-state index contributed by atoms with van der Waals surface area (Å²) < 4.78 is 12.0. The van der Waals surface area contributed by atoms with Crippen molar-refractivity contribution < 1.29 is 18.9 Å². The largest absolute Gasteiger partial charge is 0.481 e. The molecule has 0 aromatic heterocycles. The van der Waals surface area contributed by atoms with Gasteiger partial charge in [-0.25, -0.2) is 4.79 Å². The lowest BCUT2D eigenvalue weighted by Gasteiger charge is -2.30. The van der Waals surface area contributed by atoms with Crippen molar-refractivity contribution in [2.24, 2.45) is 5.92 Å². The molecular formula is C16H22N2O4S. The molecule has 2 amide bonds. The van der Waals surface area contributed by atoms with Crippen LogP contribution in [-0.2, 0) is 21.3 Å². The zero-order valence-electron chi connectivity index (χ0n) is 12.9. The summed E-state index contributed by atoms with van der Waals surface area (Å²) in [4.78, 5) is 24.6. The highest BCUT2D eigenvalue weighted by Crippen LogP contribution is 2.16. The van der Waals surface area contributed by atoms with Crippen molar-refractivity contribution in [1.29, 1.82) is 0 Å². The van der Waals surface area contributed by atoms with Gasteiger partial charge in [-0.3, -0.25) is 9.00 Å². The third-order valence-electron chi connectivity index (χ3n) is 3.83. The first kappa shape index (κ1) is 17.5.